The molecule has 0 aliphatic heterocycles. The molecular weight excluding hydrogens is 320 g/mol. The van der Waals surface area contributed by atoms with Gasteiger partial charge in [-0.1, -0.05) is 0 Å². The highest BCUT2D eigenvalue weighted by molar-refractivity contribution is 6.20. The van der Waals surface area contributed by atoms with Crippen molar-refractivity contribution < 1.29 is 4.79 Å². The van der Waals surface area contributed by atoms with Gasteiger partial charge in [0.1, 0.15) is 5.39 Å². The number of hydrogen-bond acceptors (Lipinski definition) is 4. The van der Waals surface area contributed by atoms with Gasteiger partial charge >= 0.3 is 5.69 Å². The number of rotatable bonds is 3. The second kappa shape index (κ2) is 5.81. The first kappa shape index (κ1) is 17.2. The summed E-state index contributed by atoms with van der Waals surface area (Å²) in [6.45, 7) is 5.16. The number of alkyl halides is 1. The van der Waals surface area contributed by atoms with Crippen molar-refractivity contribution in [1.29, 1.82) is 0 Å². The maximum atomic E-state index is 12.5. The monoisotopic (exact) mass is 338 g/mol. The average Bonchev–Trinajstić information content (AvgIpc) is 2.52. The van der Waals surface area contributed by atoms with Gasteiger partial charge in [-0.2, -0.15) is 0 Å². The van der Waals surface area contributed by atoms with Crippen LogP contribution in [0, 0.1) is 12.3 Å². The van der Waals surface area contributed by atoms with Crippen molar-refractivity contribution in [2.45, 2.75) is 20.8 Å². The highest BCUT2D eigenvalue weighted by Crippen LogP contribution is 2.25. The van der Waals surface area contributed by atoms with Gasteiger partial charge in [-0.15, -0.1) is 11.6 Å². The fourth-order valence-corrected chi connectivity index (χ4v) is 2.25. The minimum absolute atomic E-state index is 0.136. The Morgan fingerprint density at radius 3 is 2.48 bits per heavy atom. The van der Waals surface area contributed by atoms with Crippen LogP contribution in [0.1, 0.15) is 19.4 Å². The van der Waals surface area contributed by atoms with E-state index in [0.717, 1.165) is 4.57 Å². The Balaban J connectivity index is 2.79. The van der Waals surface area contributed by atoms with Gasteiger partial charge in [-0.25, -0.2) is 9.78 Å². The number of halogens is 1. The number of nitrogens with one attached hydrogen (secondary N) is 1. The number of pyridine rings is 1. The van der Waals surface area contributed by atoms with Crippen LogP contribution in [0.15, 0.2) is 15.8 Å². The van der Waals surface area contributed by atoms with E-state index in [1.54, 1.807) is 20.8 Å². The molecule has 2 rings (SSSR count). The number of aryl methyl sites for hydroxylation is 2. The molecule has 0 aliphatic carbocycles. The van der Waals surface area contributed by atoms with E-state index in [1.165, 1.54) is 24.9 Å². The Hall–Kier alpha value is -2.15. The number of hydrogen-bond donors (Lipinski definition) is 1. The number of anilines is 1. The predicted octanol–water partition coefficient (Wildman–Crippen LogP) is 1.14. The topological polar surface area (TPSA) is 86.0 Å². The maximum Gasteiger partial charge on any atom is 0.332 e. The Kier molecular flexibility index (Phi) is 4.34. The van der Waals surface area contributed by atoms with Crippen molar-refractivity contribution in [1.82, 2.24) is 14.1 Å². The summed E-state index contributed by atoms with van der Waals surface area (Å²) in [4.78, 5) is 41.1. The molecule has 0 aliphatic rings. The van der Waals surface area contributed by atoms with E-state index in [1.807, 2.05) is 0 Å². The summed E-state index contributed by atoms with van der Waals surface area (Å²) in [5.41, 5.74) is -0.560. The second-order valence-corrected chi connectivity index (χ2v) is 6.46. The highest BCUT2D eigenvalue weighted by Gasteiger charge is 2.28. The standard InChI is InChI=1S/C15H19ClN4O3/c1-8-6-17-11-9(12(21)20(5)14(23)19(11)4)10(8)18-13(22)15(2,3)7-16/h6H,7H2,1-5H3,(H,17,18,22). The summed E-state index contributed by atoms with van der Waals surface area (Å²) in [7, 11) is 2.92. The van der Waals surface area contributed by atoms with E-state index < -0.39 is 16.7 Å². The molecule has 0 radical (unpaired) electrons. The first-order valence-electron chi connectivity index (χ1n) is 7.04. The van der Waals surface area contributed by atoms with Crippen molar-refractivity contribution in [2.75, 3.05) is 11.2 Å². The van der Waals surface area contributed by atoms with Crippen molar-refractivity contribution in [3.8, 4) is 0 Å². The smallest absolute Gasteiger partial charge is 0.324 e. The molecule has 7 nitrogen and oxygen atoms in total. The number of carbonyl (C=O) groups excluding carboxylic acids is 1. The van der Waals surface area contributed by atoms with E-state index in [2.05, 4.69) is 10.3 Å². The van der Waals surface area contributed by atoms with Crippen LogP contribution in [0.2, 0.25) is 0 Å². The van der Waals surface area contributed by atoms with Crippen LogP contribution >= 0.6 is 11.6 Å². The summed E-state index contributed by atoms with van der Waals surface area (Å²) in [5, 5.41) is 2.97. The van der Waals surface area contributed by atoms with Crippen LogP contribution in [0.25, 0.3) is 11.0 Å². The molecule has 124 valence electrons. The van der Waals surface area contributed by atoms with Crippen LogP contribution in [0.3, 0.4) is 0 Å². The number of amides is 1. The van der Waals surface area contributed by atoms with E-state index in [4.69, 9.17) is 11.6 Å². The van der Waals surface area contributed by atoms with Gasteiger partial charge in [0.2, 0.25) is 5.91 Å². The van der Waals surface area contributed by atoms with Crippen LogP contribution in [0.5, 0.6) is 0 Å². The quantitative estimate of drug-likeness (QED) is 0.850. The van der Waals surface area contributed by atoms with Crippen molar-refractivity contribution >= 4 is 34.2 Å². The third-order valence-corrected chi connectivity index (χ3v) is 4.51. The van der Waals surface area contributed by atoms with E-state index in [9.17, 15) is 14.4 Å². The SMILES string of the molecule is Cc1cnc2c(c1NC(=O)C(C)(C)CCl)c(=O)n(C)c(=O)n2C. The zero-order valence-electron chi connectivity index (χ0n) is 13.7. The van der Waals surface area contributed by atoms with Gasteiger partial charge in [0.05, 0.1) is 11.1 Å². The fraction of sp³-hybridized carbons (Fsp3) is 0.467. The molecule has 0 atom stereocenters. The van der Waals surface area contributed by atoms with Crippen LogP contribution in [-0.4, -0.2) is 25.9 Å². The minimum atomic E-state index is -0.796. The Bertz CT molecular complexity index is 912. The van der Waals surface area contributed by atoms with Gasteiger partial charge in [-0.05, 0) is 26.3 Å². The molecule has 0 unspecified atom stereocenters. The summed E-state index contributed by atoms with van der Waals surface area (Å²) in [6, 6.07) is 0. The largest absolute Gasteiger partial charge is 0.332 e. The molecule has 0 fully saturated rings. The number of nitrogens with zero attached hydrogens (tertiary/aromatic N) is 3. The molecule has 0 saturated carbocycles. The average molecular weight is 339 g/mol. The van der Waals surface area contributed by atoms with Gasteiger partial charge in [0.15, 0.2) is 5.65 Å². The molecule has 8 heteroatoms. The number of carbonyl (C=O) groups is 1. The minimum Gasteiger partial charge on any atom is -0.324 e. The van der Waals surface area contributed by atoms with Crippen molar-refractivity contribution in [2.24, 2.45) is 19.5 Å². The molecule has 23 heavy (non-hydrogen) atoms. The van der Waals surface area contributed by atoms with Crippen LogP contribution in [0.4, 0.5) is 5.69 Å². The Morgan fingerprint density at radius 1 is 1.30 bits per heavy atom. The Labute approximate surface area is 137 Å². The van der Waals surface area contributed by atoms with Crippen LogP contribution < -0.4 is 16.6 Å². The molecule has 2 heterocycles. The third-order valence-electron chi connectivity index (χ3n) is 3.85. The van der Waals surface area contributed by atoms with Gasteiger partial charge < -0.3 is 5.32 Å². The van der Waals surface area contributed by atoms with E-state index >= 15 is 0 Å². The van der Waals surface area contributed by atoms with Gasteiger partial charge in [0, 0.05) is 26.2 Å². The lowest BCUT2D eigenvalue weighted by Gasteiger charge is -2.22. The molecule has 0 saturated heterocycles. The Morgan fingerprint density at radius 2 is 1.91 bits per heavy atom. The highest BCUT2D eigenvalue weighted by atomic mass is 35.5. The molecule has 0 bridgehead atoms. The molecular formula is C15H19ClN4O3. The lowest BCUT2D eigenvalue weighted by atomic mass is 9.95. The fourth-order valence-electron chi connectivity index (χ4n) is 2.13. The number of aromatic nitrogens is 3. The molecule has 1 N–H and O–H groups in total. The lowest BCUT2D eigenvalue weighted by Crippen LogP contribution is -2.38. The summed E-state index contributed by atoms with van der Waals surface area (Å²) >= 11 is 5.83. The predicted molar refractivity (Wildman–Crippen MR) is 90.1 cm³/mol. The van der Waals surface area contributed by atoms with Crippen molar-refractivity contribution in [3.63, 3.8) is 0 Å². The molecule has 1 amide bonds. The van der Waals surface area contributed by atoms with Gasteiger partial charge in [0.25, 0.3) is 5.56 Å². The molecule has 0 aromatic carbocycles. The first-order valence-corrected chi connectivity index (χ1v) is 7.58. The van der Waals surface area contributed by atoms with E-state index in [-0.39, 0.29) is 22.8 Å². The van der Waals surface area contributed by atoms with Crippen LogP contribution in [-0.2, 0) is 18.9 Å². The molecule has 2 aromatic heterocycles. The summed E-state index contributed by atoms with van der Waals surface area (Å²) < 4.78 is 2.27. The number of fused-ring (bicyclic) bond motifs is 1. The summed E-state index contributed by atoms with van der Waals surface area (Å²) in [6.07, 6.45) is 1.52. The third kappa shape index (κ3) is 2.76. The van der Waals surface area contributed by atoms with E-state index in [0.29, 0.717) is 11.3 Å². The first-order chi connectivity index (χ1) is 10.6. The zero-order chi connectivity index (χ0) is 17.5. The normalized spacial score (nSPS) is 11.7. The lowest BCUT2D eigenvalue weighted by molar-refractivity contribution is -0.122. The van der Waals surface area contributed by atoms with Gasteiger partial charge in [-0.3, -0.25) is 18.7 Å². The molecule has 0 spiro atoms. The zero-order valence-corrected chi connectivity index (χ0v) is 14.5. The maximum absolute atomic E-state index is 12.5. The molecule has 2 aromatic rings. The second-order valence-electron chi connectivity index (χ2n) is 6.19. The van der Waals surface area contributed by atoms with Crippen molar-refractivity contribution in [3.05, 3.63) is 32.6 Å². The summed E-state index contributed by atoms with van der Waals surface area (Å²) in [5.74, 6) is -0.170.